The van der Waals surface area contributed by atoms with Crippen LogP contribution in [0.1, 0.15) is 44.9 Å². The lowest BCUT2D eigenvalue weighted by atomic mass is 9.87. The van der Waals surface area contributed by atoms with E-state index in [0.717, 1.165) is 5.75 Å². The Morgan fingerprint density at radius 2 is 1.42 bits per heavy atom. The van der Waals surface area contributed by atoms with Crippen molar-refractivity contribution in [3.05, 3.63) is 65.7 Å². The van der Waals surface area contributed by atoms with Crippen LogP contribution in [0, 0.1) is 0 Å². The van der Waals surface area contributed by atoms with Crippen LogP contribution in [0.2, 0.25) is 0 Å². The van der Waals surface area contributed by atoms with Crippen molar-refractivity contribution in [2.75, 3.05) is 0 Å². The predicted molar refractivity (Wildman–Crippen MR) is 80.6 cm³/mol. The summed E-state index contributed by atoms with van der Waals surface area (Å²) in [5.41, 5.74) is 2.71. The van der Waals surface area contributed by atoms with E-state index in [-0.39, 0.29) is 11.5 Å². The monoisotopic (exact) mass is 254 g/mol. The Labute approximate surface area is 116 Å². The summed E-state index contributed by atoms with van der Waals surface area (Å²) >= 11 is 0. The maximum atomic E-state index is 5.97. The van der Waals surface area contributed by atoms with Gasteiger partial charge < -0.3 is 4.74 Å². The quantitative estimate of drug-likeness (QED) is 0.738. The van der Waals surface area contributed by atoms with E-state index in [0.29, 0.717) is 0 Å². The van der Waals surface area contributed by atoms with Gasteiger partial charge in [0.2, 0.25) is 0 Å². The molecule has 0 spiro atoms. The van der Waals surface area contributed by atoms with Crippen molar-refractivity contribution in [2.45, 2.75) is 39.2 Å². The third kappa shape index (κ3) is 3.60. The largest absolute Gasteiger partial charge is 0.486 e. The lowest BCUT2D eigenvalue weighted by Crippen LogP contribution is -2.10. The van der Waals surface area contributed by atoms with Crippen LogP contribution in [0.15, 0.2) is 54.6 Å². The third-order valence-electron chi connectivity index (χ3n) is 3.30. The number of benzene rings is 2. The molecule has 19 heavy (non-hydrogen) atoms. The first kappa shape index (κ1) is 13.7. The highest BCUT2D eigenvalue weighted by Gasteiger charge is 2.13. The molecule has 2 aromatic carbocycles. The van der Waals surface area contributed by atoms with Crippen LogP contribution in [-0.2, 0) is 5.41 Å². The van der Waals surface area contributed by atoms with Gasteiger partial charge in [0.1, 0.15) is 11.9 Å². The van der Waals surface area contributed by atoms with Crippen LogP contribution in [-0.4, -0.2) is 0 Å². The number of hydrogen-bond donors (Lipinski definition) is 0. The van der Waals surface area contributed by atoms with Crippen LogP contribution in [0.4, 0.5) is 0 Å². The second-order valence-corrected chi connectivity index (χ2v) is 5.95. The van der Waals surface area contributed by atoms with E-state index in [1.807, 2.05) is 18.2 Å². The minimum Gasteiger partial charge on any atom is -0.486 e. The third-order valence-corrected chi connectivity index (χ3v) is 3.30. The first-order valence-corrected chi connectivity index (χ1v) is 6.79. The molecule has 0 heterocycles. The second kappa shape index (κ2) is 5.48. The molecule has 0 aliphatic carbocycles. The molecule has 0 saturated carbocycles. The highest BCUT2D eigenvalue weighted by atomic mass is 16.5. The first-order valence-electron chi connectivity index (χ1n) is 6.79. The summed E-state index contributed by atoms with van der Waals surface area (Å²) < 4.78 is 5.97. The first-order chi connectivity index (χ1) is 8.97. The fraction of sp³-hybridized carbons (Fsp3) is 0.333. The zero-order valence-electron chi connectivity index (χ0n) is 12.2. The van der Waals surface area contributed by atoms with Gasteiger partial charge in [-0.15, -0.1) is 0 Å². The second-order valence-electron chi connectivity index (χ2n) is 5.95. The molecule has 1 nitrogen and oxygen atoms in total. The van der Waals surface area contributed by atoms with Gasteiger partial charge in [0.05, 0.1) is 0 Å². The fourth-order valence-electron chi connectivity index (χ4n) is 2.03. The lowest BCUT2D eigenvalue weighted by Gasteiger charge is -2.20. The Bertz CT molecular complexity index is 506. The van der Waals surface area contributed by atoms with Gasteiger partial charge in [-0.25, -0.2) is 0 Å². The number of ether oxygens (including phenoxy) is 1. The Balaban J connectivity index is 2.08. The van der Waals surface area contributed by atoms with Gasteiger partial charge in [0.15, 0.2) is 0 Å². The van der Waals surface area contributed by atoms with Crippen LogP contribution in [0.5, 0.6) is 5.75 Å². The van der Waals surface area contributed by atoms with Crippen molar-refractivity contribution < 1.29 is 4.74 Å². The molecule has 0 amide bonds. The molecule has 0 fully saturated rings. The van der Waals surface area contributed by atoms with Crippen molar-refractivity contribution in [3.8, 4) is 5.75 Å². The zero-order chi connectivity index (χ0) is 13.9. The Morgan fingerprint density at radius 3 is 1.95 bits per heavy atom. The van der Waals surface area contributed by atoms with Gasteiger partial charge in [0, 0.05) is 0 Å². The average Bonchev–Trinajstić information content (AvgIpc) is 2.39. The predicted octanol–water partition coefficient (Wildman–Crippen LogP) is 5.12. The molecule has 100 valence electrons. The highest BCUT2D eigenvalue weighted by Crippen LogP contribution is 2.26. The molecular weight excluding hydrogens is 232 g/mol. The molecule has 0 bridgehead atoms. The highest BCUT2D eigenvalue weighted by molar-refractivity contribution is 5.31. The van der Waals surface area contributed by atoms with Gasteiger partial charge in [-0.1, -0.05) is 63.2 Å². The van der Waals surface area contributed by atoms with Crippen LogP contribution < -0.4 is 4.74 Å². The molecule has 0 aliphatic heterocycles. The Kier molecular flexibility index (Phi) is 3.94. The van der Waals surface area contributed by atoms with E-state index >= 15 is 0 Å². The fourth-order valence-corrected chi connectivity index (χ4v) is 2.03. The van der Waals surface area contributed by atoms with Crippen LogP contribution >= 0.6 is 0 Å². The van der Waals surface area contributed by atoms with Crippen LogP contribution in [0.25, 0.3) is 0 Å². The van der Waals surface area contributed by atoms with E-state index in [1.165, 1.54) is 11.1 Å². The summed E-state index contributed by atoms with van der Waals surface area (Å²) in [6, 6.07) is 18.7. The molecule has 2 aromatic rings. The molecule has 0 unspecified atom stereocenters. The van der Waals surface area contributed by atoms with E-state index in [1.54, 1.807) is 0 Å². The molecule has 0 radical (unpaired) electrons. The zero-order valence-corrected chi connectivity index (χ0v) is 12.2. The Hall–Kier alpha value is -1.76. The van der Waals surface area contributed by atoms with Gasteiger partial charge in [0.25, 0.3) is 0 Å². The maximum Gasteiger partial charge on any atom is 0.121 e. The number of rotatable bonds is 3. The van der Waals surface area contributed by atoms with Crippen molar-refractivity contribution >= 4 is 0 Å². The Morgan fingerprint density at radius 1 is 0.842 bits per heavy atom. The molecular formula is C18H22O. The van der Waals surface area contributed by atoms with Gasteiger partial charge in [-0.05, 0) is 35.6 Å². The summed E-state index contributed by atoms with van der Waals surface area (Å²) in [6.45, 7) is 8.73. The normalized spacial score (nSPS) is 13.1. The molecule has 1 atom stereocenters. The van der Waals surface area contributed by atoms with Gasteiger partial charge in [-0.3, -0.25) is 0 Å². The van der Waals surface area contributed by atoms with E-state index in [9.17, 15) is 0 Å². The summed E-state index contributed by atoms with van der Waals surface area (Å²) in [5, 5.41) is 0. The molecule has 0 aromatic heterocycles. The van der Waals surface area contributed by atoms with E-state index in [2.05, 4.69) is 64.1 Å². The minimum atomic E-state index is 0.0710. The minimum absolute atomic E-state index is 0.0710. The van der Waals surface area contributed by atoms with Gasteiger partial charge in [-0.2, -0.15) is 0 Å². The number of hydrogen-bond acceptors (Lipinski definition) is 1. The van der Waals surface area contributed by atoms with Crippen molar-refractivity contribution in [2.24, 2.45) is 0 Å². The summed E-state index contributed by atoms with van der Waals surface area (Å²) in [6.07, 6.45) is 0.0710. The molecule has 0 N–H and O–H groups in total. The lowest BCUT2D eigenvalue weighted by molar-refractivity contribution is 0.227. The van der Waals surface area contributed by atoms with Crippen molar-refractivity contribution in [1.29, 1.82) is 0 Å². The molecule has 0 aliphatic rings. The maximum absolute atomic E-state index is 5.97. The SMILES string of the molecule is C[C@@H](Oc1ccc(C(C)(C)C)cc1)c1ccccc1. The van der Waals surface area contributed by atoms with E-state index < -0.39 is 0 Å². The average molecular weight is 254 g/mol. The van der Waals surface area contributed by atoms with E-state index in [4.69, 9.17) is 4.74 Å². The van der Waals surface area contributed by atoms with Crippen molar-refractivity contribution in [3.63, 3.8) is 0 Å². The topological polar surface area (TPSA) is 9.23 Å². The smallest absolute Gasteiger partial charge is 0.121 e. The standard InChI is InChI=1S/C18H22O/c1-14(15-8-6-5-7-9-15)19-17-12-10-16(11-13-17)18(2,3)4/h5-14H,1-4H3/t14-/m1/s1. The van der Waals surface area contributed by atoms with Gasteiger partial charge >= 0.3 is 0 Å². The van der Waals surface area contributed by atoms with Crippen LogP contribution in [0.3, 0.4) is 0 Å². The van der Waals surface area contributed by atoms with Crippen molar-refractivity contribution in [1.82, 2.24) is 0 Å². The molecule has 0 saturated heterocycles. The summed E-state index contributed by atoms with van der Waals surface area (Å²) in [7, 11) is 0. The summed E-state index contributed by atoms with van der Waals surface area (Å²) in [5.74, 6) is 0.921. The molecule has 2 rings (SSSR count). The molecule has 1 heteroatoms. The summed E-state index contributed by atoms with van der Waals surface area (Å²) in [4.78, 5) is 0.